The summed E-state index contributed by atoms with van der Waals surface area (Å²) in [5, 5.41) is 4.61. The summed E-state index contributed by atoms with van der Waals surface area (Å²) in [5.74, 6) is 0. The summed E-state index contributed by atoms with van der Waals surface area (Å²) in [7, 11) is 0. The number of nitrogens with zero attached hydrogens (tertiary/aromatic N) is 2. The Balaban J connectivity index is 1.51. The van der Waals surface area contributed by atoms with Crippen LogP contribution in [0.5, 0.6) is 0 Å². The number of likely N-dealkylation sites (tertiary alicyclic amines) is 1. The zero-order valence-corrected chi connectivity index (χ0v) is 14.0. The summed E-state index contributed by atoms with van der Waals surface area (Å²) in [6.07, 6.45) is 2.09. The molecule has 0 spiro atoms. The molecule has 0 bridgehead atoms. The summed E-state index contributed by atoms with van der Waals surface area (Å²) in [4.78, 5) is 2.50. The number of hydrogen-bond acceptors (Lipinski definition) is 3. The van der Waals surface area contributed by atoms with E-state index >= 15 is 0 Å². The lowest BCUT2D eigenvalue weighted by atomic mass is 10.1. The average Bonchev–Trinajstić information content (AvgIpc) is 2.58. The number of aryl methyl sites for hydroxylation is 2. The van der Waals surface area contributed by atoms with Gasteiger partial charge in [-0.3, -0.25) is 10.3 Å². The van der Waals surface area contributed by atoms with Crippen molar-refractivity contribution in [2.45, 2.75) is 33.2 Å². The lowest BCUT2D eigenvalue weighted by Gasteiger charge is -2.27. The average molecular weight is 307 g/mol. The van der Waals surface area contributed by atoms with Crippen molar-refractivity contribution < 1.29 is 0 Å². The third-order valence-corrected chi connectivity index (χ3v) is 4.53. The third-order valence-electron chi connectivity index (χ3n) is 4.53. The molecule has 0 saturated carbocycles. The fourth-order valence-corrected chi connectivity index (χ4v) is 2.88. The Morgan fingerprint density at radius 2 is 1.70 bits per heavy atom. The maximum absolute atomic E-state index is 4.61. The van der Waals surface area contributed by atoms with Crippen molar-refractivity contribution in [3.8, 4) is 0 Å². The van der Waals surface area contributed by atoms with Crippen LogP contribution in [0.1, 0.15) is 29.5 Å². The van der Waals surface area contributed by atoms with Crippen molar-refractivity contribution in [2.75, 3.05) is 18.5 Å². The van der Waals surface area contributed by atoms with Gasteiger partial charge in [-0.15, -0.1) is 0 Å². The fraction of sp³-hybridized carbons (Fsp3) is 0.350. The van der Waals surface area contributed by atoms with E-state index in [0.717, 1.165) is 38.2 Å². The van der Waals surface area contributed by atoms with E-state index in [1.807, 2.05) is 0 Å². The van der Waals surface area contributed by atoms with Gasteiger partial charge < -0.3 is 0 Å². The second-order valence-electron chi connectivity index (χ2n) is 6.35. The second kappa shape index (κ2) is 7.42. The van der Waals surface area contributed by atoms with E-state index in [2.05, 4.69) is 77.8 Å². The molecule has 1 saturated heterocycles. The molecular formula is C20H25N3. The van der Waals surface area contributed by atoms with Gasteiger partial charge in [-0.2, -0.15) is 5.10 Å². The molecule has 120 valence electrons. The maximum atomic E-state index is 4.61. The van der Waals surface area contributed by atoms with E-state index in [1.54, 1.807) is 0 Å². The van der Waals surface area contributed by atoms with Gasteiger partial charge in [-0.05, 0) is 42.7 Å². The topological polar surface area (TPSA) is 27.6 Å². The minimum Gasteiger partial charge on any atom is -0.298 e. The summed E-state index contributed by atoms with van der Waals surface area (Å²) in [6.45, 7) is 7.48. The molecule has 0 atom stereocenters. The van der Waals surface area contributed by atoms with Gasteiger partial charge >= 0.3 is 0 Å². The van der Waals surface area contributed by atoms with Crippen LogP contribution in [0.3, 0.4) is 0 Å². The molecule has 2 aromatic rings. The first-order valence-corrected chi connectivity index (χ1v) is 8.36. The van der Waals surface area contributed by atoms with Gasteiger partial charge in [0.1, 0.15) is 0 Å². The number of hydrazone groups is 1. The van der Waals surface area contributed by atoms with Gasteiger partial charge in [-0.1, -0.05) is 36.4 Å². The van der Waals surface area contributed by atoms with Crippen molar-refractivity contribution in [3.05, 3.63) is 65.2 Å². The molecule has 0 aliphatic carbocycles. The first-order chi connectivity index (χ1) is 11.2. The number of nitrogens with one attached hydrogen (secondary N) is 1. The molecule has 3 rings (SSSR count). The number of anilines is 1. The van der Waals surface area contributed by atoms with E-state index < -0.39 is 0 Å². The number of benzene rings is 2. The molecule has 3 nitrogen and oxygen atoms in total. The standard InChI is InChI=1S/C20H25N3/c1-16-8-9-20(14-17(16)2)22-21-19-10-12-23(13-11-19)15-18-6-4-3-5-7-18/h3-9,14,22H,10-13,15H2,1-2H3. The SMILES string of the molecule is Cc1ccc(NN=C2CCN(Cc3ccccc3)CC2)cc1C. The van der Waals surface area contributed by atoms with Gasteiger partial charge in [0.25, 0.3) is 0 Å². The number of hydrogen-bond donors (Lipinski definition) is 1. The van der Waals surface area contributed by atoms with Crippen molar-refractivity contribution in [2.24, 2.45) is 5.10 Å². The summed E-state index contributed by atoms with van der Waals surface area (Å²) >= 11 is 0. The molecule has 0 amide bonds. The quantitative estimate of drug-likeness (QED) is 0.850. The highest BCUT2D eigenvalue weighted by atomic mass is 15.3. The molecule has 0 aromatic heterocycles. The minimum atomic E-state index is 1.04. The van der Waals surface area contributed by atoms with E-state index in [0.29, 0.717) is 0 Å². The van der Waals surface area contributed by atoms with Gasteiger partial charge in [0.05, 0.1) is 5.69 Å². The summed E-state index contributed by atoms with van der Waals surface area (Å²) in [6, 6.07) is 17.1. The van der Waals surface area contributed by atoms with E-state index in [9.17, 15) is 0 Å². The second-order valence-corrected chi connectivity index (χ2v) is 6.35. The molecule has 2 aromatic carbocycles. The van der Waals surface area contributed by atoms with Gasteiger partial charge in [0.15, 0.2) is 0 Å². The van der Waals surface area contributed by atoms with Crippen molar-refractivity contribution in [3.63, 3.8) is 0 Å². The molecule has 3 heteroatoms. The van der Waals surface area contributed by atoms with Crippen LogP contribution in [-0.2, 0) is 6.54 Å². The van der Waals surface area contributed by atoms with Crippen LogP contribution < -0.4 is 5.43 Å². The summed E-state index contributed by atoms with van der Waals surface area (Å²) in [5.41, 5.74) is 9.57. The highest BCUT2D eigenvalue weighted by Gasteiger charge is 2.15. The molecule has 1 aliphatic rings. The number of rotatable bonds is 4. The van der Waals surface area contributed by atoms with E-state index in [-0.39, 0.29) is 0 Å². The van der Waals surface area contributed by atoms with Crippen LogP contribution in [0.25, 0.3) is 0 Å². The van der Waals surface area contributed by atoms with E-state index in [1.165, 1.54) is 22.4 Å². The Morgan fingerprint density at radius 1 is 0.957 bits per heavy atom. The largest absolute Gasteiger partial charge is 0.298 e. The van der Waals surface area contributed by atoms with Gasteiger partial charge in [0.2, 0.25) is 0 Å². The highest BCUT2D eigenvalue weighted by molar-refractivity contribution is 5.86. The molecule has 23 heavy (non-hydrogen) atoms. The monoisotopic (exact) mass is 307 g/mol. The lowest BCUT2D eigenvalue weighted by Crippen LogP contribution is -2.33. The predicted molar refractivity (Wildman–Crippen MR) is 97.9 cm³/mol. The molecule has 1 heterocycles. The Labute approximate surface area is 139 Å². The van der Waals surface area contributed by atoms with Gasteiger partial charge in [-0.25, -0.2) is 0 Å². The Morgan fingerprint density at radius 3 is 2.39 bits per heavy atom. The lowest BCUT2D eigenvalue weighted by molar-refractivity contribution is 0.266. The Hall–Kier alpha value is -2.13. The van der Waals surface area contributed by atoms with Crippen molar-refractivity contribution in [1.82, 2.24) is 4.90 Å². The molecular weight excluding hydrogens is 282 g/mol. The zero-order valence-electron chi connectivity index (χ0n) is 14.0. The van der Waals surface area contributed by atoms with Crippen LogP contribution in [0.2, 0.25) is 0 Å². The van der Waals surface area contributed by atoms with E-state index in [4.69, 9.17) is 0 Å². The van der Waals surface area contributed by atoms with Crippen LogP contribution in [0.15, 0.2) is 53.6 Å². The third kappa shape index (κ3) is 4.42. The molecule has 1 fully saturated rings. The van der Waals surface area contributed by atoms with Crippen LogP contribution in [0.4, 0.5) is 5.69 Å². The molecule has 1 aliphatic heterocycles. The van der Waals surface area contributed by atoms with Crippen molar-refractivity contribution in [1.29, 1.82) is 0 Å². The maximum Gasteiger partial charge on any atom is 0.0564 e. The minimum absolute atomic E-state index is 1.04. The summed E-state index contributed by atoms with van der Waals surface area (Å²) < 4.78 is 0. The van der Waals surface area contributed by atoms with Gasteiger partial charge in [0, 0.05) is 38.2 Å². The fourth-order valence-electron chi connectivity index (χ4n) is 2.88. The van der Waals surface area contributed by atoms with Crippen molar-refractivity contribution >= 4 is 11.4 Å². The zero-order chi connectivity index (χ0) is 16.1. The number of piperidine rings is 1. The highest BCUT2D eigenvalue weighted by Crippen LogP contribution is 2.16. The molecule has 0 unspecified atom stereocenters. The Kier molecular flexibility index (Phi) is 5.09. The molecule has 1 N–H and O–H groups in total. The van der Waals surface area contributed by atoms with Crippen LogP contribution in [0, 0.1) is 13.8 Å². The normalized spacial score (nSPS) is 15.5. The first kappa shape index (κ1) is 15.8. The molecule has 0 radical (unpaired) electrons. The Bertz CT molecular complexity index is 667. The first-order valence-electron chi connectivity index (χ1n) is 8.36. The van der Waals surface area contributed by atoms with Crippen LogP contribution >= 0.6 is 0 Å². The smallest absolute Gasteiger partial charge is 0.0564 e. The van der Waals surface area contributed by atoms with Crippen LogP contribution in [-0.4, -0.2) is 23.7 Å². The predicted octanol–water partition coefficient (Wildman–Crippen LogP) is 4.37.